The second kappa shape index (κ2) is 4.45. The molecule has 1 aromatic carbocycles. The van der Waals surface area contributed by atoms with Crippen LogP contribution in [0.4, 0.5) is 0 Å². The normalized spacial score (nSPS) is 13.7. The molecule has 0 N–H and O–H groups in total. The van der Waals surface area contributed by atoms with E-state index in [-0.39, 0.29) is 11.0 Å². The van der Waals surface area contributed by atoms with Gasteiger partial charge in [0.15, 0.2) is 0 Å². The van der Waals surface area contributed by atoms with E-state index in [4.69, 9.17) is 0 Å². The Morgan fingerprint density at radius 2 is 1.93 bits per heavy atom. The fraction of sp³-hybridized carbons (Fsp3) is 0.333. The second-order valence-electron chi connectivity index (χ2n) is 2.99. The predicted octanol–water partition coefficient (Wildman–Crippen LogP) is 2.05. The van der Waals surface area contributed by atoms with Crippen LogP contribution >= 0.6 is 0 Å². The second-order valence-corrected chi connectivity index (χ2v) is 2.99. The van der Waals surface area contributed by atoms with Gasteiger partial charge in [-0.2, -0.15) is 0 Å². The molecule has 0 bridgehead atoms. The molecule has 76 valence electrons. The molecule has 5 heteroatoms. The van der Waals surface area contributed by atoms with Crippen molar-refractivity contribution in [2.24, 2.45) is 5.28 Å². The molecule has 0 fully saturated rings. The van der Waals surface area contributed by atoms with Gasteiger partial charge in [0.05, 0.1) is 7.05 Å². The van der Waals surface area contributed by atoms with Gasteiger partial charge in [-0.1, -0.05) is 30.3 Å². The molecule has 0 aromatic heterocycles. The Morgan fingerprint density at radius 1 is 1.36 bits per heavy atom. The monoisotopic (exact) mass is 194 g/mol. The lowest BCUT2D eigenvalue weighted by Gasteiger charge is -2.21. The number of benzene rings is 1. The number of hydrogen-bond acceptors (Lipinski definition) is 3. The van der Waals surface area contributed by atoms with Crippen LogP contribution in [0.3, 0.4) is 0 Å². The lowest BCUT2D eigenvalue weighted by molar-refractivity contribution is -0.693. The molecule has 0 radical (unpaired) electrons. The van der Waals surface area contributed by atoms with E-state index in [1.807, 2.05) is 37.3 Å². The van der Waals surface area contributed by atoms with Crippen molar-refractivity contribution in [2.45, 2.75) is 13.0 Å². The van der Waals surface area contributed by atoms with E-state index < -0.39 is 0 Å². The Bertz CT molecular complexity index is 313. The maximum atomic E-state index is 10.9. The Morgan fingerprint density at radius 3 is 2.43 bits per heavy atom. The molecule has 0 aliphatic heterocycles. The molecule has 1 atom stereocenters. The van der Waals surface area contributed by atoms with Gasteiger partial charge in [0.2, 0.25) is 0 Å². The molecular formula is C9H12N3O2-. The van der Waals surface area contributed by atoms with Crippen LogP contribution in [0.2, 0.25) is 0 Å². The topological polar surface area (TPSA) is 64.7 Å². The van der Waals surface area contributed by atoms with Crippen molar-refractivity contribution >= 4 is 0 Å². The summed E-state index contributed by atoms with van der Waals surface area (Å²) in [4.78, 5) is 0.0394. The van der Waals surface area contributed by atoms with Gasteiger partial charge in [0.1, 0.15) is 6.04 Å². The standard InChI is InChI=1S/C9H13N3O2/c1-8(11(2)12(14)10-13)9-6-4-3-5-7-9/h3-8,13H,1-2H3/p-1/b12-10+/t8-/m1/s1. The average Bonchev–Trinajstić information content (AvgIpc) is 2.27. The van der Waals surface area contributed by atoms with Crippen molar-refractivity contribution in [1.29, 1.82) is 0 Å². The van der Waals surface area contributed by atoms with Crippen LogP contribution < -0.4 is 0 Å². The first-order valence-electron chi connectivity index (χ1n) is 4.25. The smallest absolute Gasteiger partial charge is 0.109 e. The summed E-state index contributed by atoms with van der Waals surface area (Å²) in [5, 5.41) is 24.4. The molecule has 0 aliphatic carbocycles. The van der Waals surface area contributed by atoms with E-state index in [2.05, 4.69) is 5.28 Å². The number of hydrogen-bond donors (Lipinski definition) is 0. The van der Waals surface area contributed by atoms with Gasteiger partial charge in [-0.05, 0) is 17.8 Å². The summed E-state index contributed by atoms with van der Waals surface area (Å²) in [6.45, 7) is 1.82. The van der Waals surface area contributed by atoms with E-state index in [0.717, 1.165) is 5.56 Å². The Hall–Kier alpha value is -1.78. The van der Waals surface area contributed by atoms with Crippen molar-refractivity contribution in [1.82, 2.24) is 5.01 Å². The third-order valence-corrected chi connectivity index (χ3v) is 2.18. The molecule has 0 amide bonds. The van der Waals surface area contributed by atoms with Crippen LogP contribution in [0.5, 0.6) is 0 Å². The first kappa shape index (κ1) is 10.3. The Labute approximate surface area is 82.4 Å². The summed E-state index contributed by atoms with van der Waals surface area (Å²) in [6, 6.07) is 9.25. The SMILES string of the molecule is C[C@H](c1ccccc1)N(C)/[N+]([O-])=N\[O-]. The lowest BCUT2D eigenvalue weighted by Crippen LogP contribution is -2.28. The largest absolute Gasteiger partial charge is 0.737 e. The summed E-state index contributed by atoms with van der Waals surface area (Å²) >= 11 is 0. The fourth-order valence-corrected chi connectivity index (χ4v) is 1.15. The van der Waals surface area contributed by atoms with Gasteiger partial charge < -0.3 is 10.4 Å². The van der Waals surface area contributed by atoms with Crippen molar-refractivity contribution in [3.8, 4) is 0 Å². The van der Waals surface area contributed by atoms with Crippen LogP contribution in [-0.4, -0.2) is 17.0 Å². The minimum atomic E-state index is -0.175. The highest BCUT2D eigenvalue weighted by Gasteiger charge is 2.16. The van der Waals surface area contributed by atoms with Crippen LogP contribution in [-0.2, 0) is 0 Å². The Balaban J connectivity index is 2.81. The van der Waals surface area contributed by atoms with E-state index >= 15 is 0 Å². The molecule has 0 spiro atoms. The minimum Gasteiger partial charge on any atom is -0.737 e. The highest BCUT2D eigenvalue weighted by molar-refractivity contribution is 5.17. The van der Waals surface area contributed by atoms with Gasteiger partial charge >= 0.3 is 0 Å². The molecule has 1 rings (SSSR count). The van der Waals surface area contributed by atoms with Crippen molar-refractivity contribution in [2.75, 3.05) is 7.05 Å². The van der Waals surface area contributed by atoms with Gasteiger partial charge in [-0.3, -0.25) is 0 Å². The quantitative estimate of drug-likeness (QED) is 0.420. The first-order chi connectivity index (χ1) is 6.66. The average molecular weight is 194 g/mol. The number of rotatable bonds is 3. The summed E-state index contributed by atoms with van der Waals surface area (Å²) in [5.74, 6) is 0. The maximum absolute atomic E-state index is 10.9. The zero-order chi connectivity index (χ0) is 10.6. The summed E-state index contributed by atoms with van der Waals surface area (Å²) in [5.41, 5.74) is 0.958. The zero-order valence-corrected chi connectivity index (χ0v) is 8.12. The van der Waals surface area contributed by atoms with Crippen molar-refractivity contribution < 1.29 is 4.97 Å². The molecule has 0 aliphatic rings. The third-order valence-electron chi connectivity index (χ3n) is 2.18. The molecule has 0 saturated heterocycles. The highest BCUT2D eigenvalue weighted by atomic mass is 16.6. The maximum Gasteiger partial charge on any atom is 0.109 e. The van der Waals surface area contributed by atoms with Crippen molar-refractivity contribution in [3.05, 3.63) is 46.3 Å². The molecule has 5 nitrogen and oxygen atoms in total. The first-order valence-corrected chi connectivity index (χ1v) is 4.25. The number of hydrazine groups is 1. The molecule has 0 heterocycles. The summed E-state index contributed by atoms with van der Waals surface area (Å²) in [6.07, 6.45) is 0. The fourth-order valence-electron chi connectivity index (χ4n) is 1.15. The van der Waals surface area contributed by atoms with Gasteiger partial charge in [-0.15, -0.1) is 5.01 Å². The lowest BCUT2D eigenvalue weighted by atomic mass is 10.1. The zero-order valence-electron chi connectivity index (χ0n) is 8.12. The van der Waals surface area contributed by atoms with Gasteiger partial charge in [0, 0.05) is 4.97 Å². The van der Waals surface area contributed by atoms with E-state index in [0.29, 0.717) is 0 Å². The molecule has 0 saturated carbocycles. The summed E-state index contributed by atoms with van der Waals surface area (Å²) < 4.78 is 0. The highest BCUT2D eigenvalue weighted by Crippen LogP contribution is 2.17. The summed E-state index contributed by atoms with van der Waals surface area (Å²) in [7, 11) is 1.52. The van der Waals surface area contributed by atoms with Crippen LogP contribution in [0, 0.1) is 10.4 Å². The van der Waals surface area contributed by atoms with E-state index in [1.165, 1.54) is 12.1 Å². The Kier molecular flexibility index (Phi) is 3.28. The third kappa shape index (κ3) is 2.12. The molecule has 14 heavy (non-hydrogen) atoms. The van der Waals surface area contributed by atoms with Crippen molar-refractivity contribution in [3.63, 3.8) is 0 Å². The van der Waals surface area contributed by atoms with Gasteiger partial charge in [0.25, 0.3) is 0 Å². The molecule has 0 unspecified atom stereocenters. The van der Waals surface area contributed by atoms with Gasteiger partial charge in [-0.25, -0.2) is 0 Å². The van der Waals surface area contributed by atoms with E-state index in [9.17, 15) is 10.4 Å². The molecular weight excluding hydrogens is 182 g/mol. The van der Waals surface area contributed by atoms with Crippen LogP contribution in [0.1, 0.15) is 18.5 Å². The molecule has 1 aromatic rings. The van der Waals surface area contributed by atoms with Crippen LogP contribution in [0.15, 0.2) is 35.6 Å². The van der Waals surface area contributed by atoms with E-state index in [1.54, 1.807) is 0 Å². The number of nitrogens with zero attached hydrogens (tertiary/aromatic N) is 3. The minimum absolute atomic E-state index is 0.0394. The predicted molar refractivity (Wildman–Crippen MR) is 52.0 cm³/mol. The van der Waals surface area contributed by atoms with Crippen LogP contribution in [0.25, 0.3) is 0 Å².